The number of aromatic nitrogens is 1. The Hall–Kier alpha value is -1.29. The minimum Gasteiger partial charge on any atom is -0.408 e. The van der Waals surface area contributed by atoms with Crippen molar-refractivity contribution in [1.82, 2.24) is 4.98 Å². The number of nitrogens with one attached hydrogen (secondary N) is 1. The first kappa shape index (κ1) is 8.31. The predicted octanol–water partition coefficient (Wildman–Crippen LogP) is 2.40. The van der Waals surface area contributed by atoms with E-state index in [4.69, 9.17) is 4.42 Å². The molecule has 0 amide bonds. The number of H-pyrrole nitrogens is 1. The molecular formula is C9H6BrNO2. The second-order valence-corrected chi connectivity index (χ2v) is 3.47. The number of halogens is 1. The Morgan fingerprint density at radius 1 is 1.38 bits per heavy atom. The Kier molecular flexibility index (Phi) is 2.06. The normalized spacial score (nSPS) is 10.2. The lowest BCUT2D eigenvalue weighted by atomic mass is 10.2. The lowest BCUT2D eigenvalue weighted by Crippen LogP contribution is -1.92. The monoisotopic (exact) mass is 239 g/mol. The van der Waals surface area contributed by atoms with Gasteiger partial charge in [0.1, 0.15) is 0 Å². The molecule has 0 aliphatic heterocycles. The fourth-order valence-electron chi connectivity index (χ4n) is 1.07. The van der Waals surface area contributed by atoms with Gasteiger partial charge in [-0.2, -0.15) is 0 Å². The third kappa shape index (κ3) is 1.72. The maximum atomic E-state index is 10.7. The maximum Gasteiger partial charge on any atom is 0.416 e. The van der Waals surface area contributed by atoms with Crippen LogP contribution >= 0.6 is 15.9 Å². The van der Waals surface area contributed by atoms with Gasteiger partial charge in [0.05, 0.1) is 6.20 Å². The molecule has 0 saturated carbocycles. The van der Waals surface area contributed by atoms with Crippen molar-refractivity contribution in [3.63, 3.8) is 0 Å². The molecule has 2 aromatic rings. The van der Waals surface area contributed by atoms with Gasteiger partial charge in [-0.15, -0.1) is 0 Å². The molecule has 1 aromatic carbocycles. The molecule has 1 N–H and O–H groups in total. The summed E-state index contributed by atoms with van der Waals surface area (Å²) in [6.45, 7) is 0. The summed E-state index contributed by atoms with van der Waals surface area (Å²) < 4.78 is 5.85. The van der Waals surface area contributed by atoms with Gasteiger partial charge in [-0.1, -0.05) is 28.1 Å². The Balaban J connectivity index is 2.52. The van der Waals surface area contributed by atoms with E-state index in [1.165, 1.54) is 0 Å². The third-order valence-corrected chi connectivity index (χ3v) is 2.13. The van der Waals surface area contributed by atoms with E-state index in [1.807, 2.05) is 24.3 Å². The number of oxazole rings is 1. The molecule has 4 heteroatoms. The largest absolute Gasteiger partial charge is 0.416 e. The van der Waals surface area contributed by atoms with E-state index in [9.17, 15) is 4.79 Å². The van der Waals surface area contributed by atoms with Crippen LogP contribution in [0, 0.1) is 0 Å². The molecule has 0 radical (unpaired) electrons. The van der Waals surface area contributed by atoms with Crippen LogP contribution in [0.3, 0.4) is 0 Å². The van der Waals surface area contributed by atoms with Crippen LogP contribution in [0.2, 0.25) is 0 Å². The number of hydrogen-bond acceptors (Lipinski definition) is 2. The zero-order chi connectivity index (χ0) is 9.26. The molecule has 0 atom stereocenters. The van der Waals surface area contributed by atoms with Gasteiger partial charge in [0.25, 0.3) is 0 Å². The highest BCUT2D eigenvalue weighted by Gasteiger charge is 2.02. The number of benzene rings is 1. The van der Waals surface area contributed by atoms with Crippen LogP contribution in [-0.2, 0) is 0 Å². The van der Waals surface area contributed by atoms with E-state index in [0.717, 1.165) is 10.0 Å². The van der Waals surface area contributed by atoms with Crippen LogP contribution in [0.25, 0.3) is 11.3 Å². The van der Waals surface area contributed by atoms with Crippen molar-refractivity contribution in [3.8, 4) is 11.3 Å². The van der Waals surface area contributed by atoms with Crippen LogP contribution in [0.15, 0.2) is 44.1 Å². The maximum absolute atomic E-state index is 10.7. The summed E-state index contributed by atoms with van der Waals surface area (Å²) in [5.74, 6) is 0.112. The van der Waals surface area contributed by atoms with E-state index in [2.05, 4.69) is 20.9 Å². The Morgan fingerprint density at radius 3 is 2.85 bits per heavy atom. The first-order chi connectivity index (χ1) is 6.25. The van der Waals surface area contributed by atoms with E-state index in [1.54, 1.807) is 6.20 Å². The second-order valence-electron chi connectivity index (χ2n) is 2.55. The standard InChI is InChI=1S/C9H6BrNO2/c10-7-3-1-2-6(4-7)8-5-11-9(12)13-8/h1-5H,(H,11,12). The molecule has 0 unspecified atom stereocenters. The summed E-state index contributed by atoms with van der Waals surface area (Å²) >= 11 is 3.34. The minimum atomic E-state index is -0.435. The van der Waals surface area contributed by atoms with Crippen molar-refractivity contribution in [2.75, 3.05) is 0 Å². The zero-order valence-corrected chi connectivity index (χ0v) is 8.17. The molecule has 0 fully saturated rings. The average Bonchev–Trinajstić information content (AvgIpc) is 2.52. The highest BCUT2D eigenvalue weighted by Crippen LogP contribution is 2.20. The van der Waals surface area contributed by atoms with Crippen LogP contribution < -0.4 is 5.76 Å². The van der Waals surface area contributed by atoms with E-state index >= 15 is 0 Å². The van der Waals surface area contributed by atoms with Crippen LogP contribution in [0.5, 0.6) is 0 Å². The van der Waals surface area contributed by atoms with E-state index < -0.39 is 5.76 Å². The summed E-state index contributed by atoms with van der Waals surface area (Å²) in [7, 11) is 0. The summed E-state index contributed by atoms with van der Waals surface area (Å²) in [4.78, 5) is 13.2. The van der Waals surface area contributed by atoms with Crippen LogP contribution in [0.1, 0.15) is 0 Å². The summed E-state index contributed by atoms with van der Waals surface area (Å²) in [5, 5.41) is 0. The molecule has 13 heavy (non-hydrogen) atoms. The molecule has 2 rings (SSSR count). The van der Waals surface area contributed by atoms with E-state index in [-0.39, 0.29) is 0 Å². The predicted molar refractivity (Wildman–Crippen MR) is 52.5 cm³/mol. The molecular weight excluding hydrogens is 234 g/mol. The first-order valence-corrected chi connectivity index (χ1v) is 4.49. The lowest BCUT2D eigenvalue weighted by Gasteiger charge is -1.94. The lowest BCUT2D eigenvalue weighted by molar-refractivity contribution is 0.528. The number of aromatic amines is 1. The SMILES string of the molecule is O=c1[nH]cc(-c2cccc(Br)c2)o1. The molecule has 1 heterocycles. The highest BCUT2D eigenvalue weighted by molar-refractivity contribution is 9.10. The molecule has 0 aliphatic carbocycles. The number of rotatable bonds is 1. The van der Waals surface area contributed by atoms with Gasteiger partial charge in [-0.3, -0.25) is 4.98 Å². The van der Waals surface area contributed by atoms with Gasteiger partial charge >= 0.3 is 5.76 Å². The fraction of sp³-hybridized carbons (Fsp3) is 0. The van der Waals surface area contributed by atoms with Gasteiger partial charge in [-0.25, -0.2) is 4.79 Å². The van der Waals surface area contributed by atoms with Crippen molar-refractivity contribution in [2.45, 2.75) is 0 Å². The molecule has 0 spiro atoms. The molecule has 0 aliphatic rings. The molecule has 66 valence electrons. The Bertz CT molecular complexity index is 472. The average molecular weight is 240 g/mol. The van der Waals surface area contributed by atoms with Crippen LogP contribution in [-0.4, -0.2) is 4.98 Å². The van der Waals surface area contributed by atoms with Gasteiger partial charge in [-0.05, 0) is 12.1 Å². The zero-order valence-electron chi connectivity index (χ0n) is 6.58. The topological polar surface area (TPSA) is 46.0 Å². The first-order valence-electron chi connectivity index (χ1n) is 3.70. The fourth-order valence-corrected chi connectivity index (χ4v) is 1.47. The highest BCUT2D eigenvalue weighted by atomic mass is 79.9. The Labute approximate surface area is 82.5 Å². The smallest absolute Gasteiger partial charge is 0.408 e. The van der Waals surface area contributed by atoms with Crippen LogP contribution in [0.4, 0.5) is 0 Å². The third-order valence-electron chi connectivity index (χ3n) is 1.63. The van der Waals surface area contributed by atoms with Crippen molar-refractivity contribution < 1.29 is 4.42 Å². The van der Waals surface area contributed by atoms with Crippen molar-refractivity contribution >= 4 is 15.9 Å². The van der Waals surface area contributed by atoms with Crippen molar-refractivity contribution in [1.29, 1.82) is 0 Å². The van der Waals surface area contributed by atoms with Gasteiger partial charge < -0.3 is 4.42 Å². The van der Waals surface area contributed by atoms with Crippen molar-refractivity contribution in [2.24, 2.45) is 0 Å². The second kappa shape index (κ2) is 3.22. The van der Waals surface area contributed by atoms with Gasteiger partial charge in [0.15, 0.2) is 5.76 Å². The molecule has 0 saturated heterocycles. The minimum absolute atomic E-state index is 0.435. The summed E-state index contributed by atoms with van der Waals surface area (Å²) in [6.07, 6.45) is 1.55. The van der Waals surface area contributed by atoms with Gasteiger partial charge in [0, 0.05) is 10.0 Å². The molecule has 0 bridgehead atoms. The summed E-state index contributed by atoms with van der Waals surface area (Å²) in [5.41, 5.74) is 0.868. The Morgan fingerprint density at radius 2 is 2.23 bits per heavy atom. The molecule has 1 aromatic heterocycles. The quantitative estimate of drug-likeness (QED) is 0.831. The molecule has 3 nitrogen and oxygen atoms in total. The van der Waals surface area contributed by atoms with Gasteiger partial charge in [0.2, 0.25) is 0 Å². The number of hydrogen-bond donors (Lipinski definition) is 1. The summed E-state index contributed by atoms with van der Waals surface area (Å²) in [6, 6.07) is 7.55. The van der Waals surface area contributed by atoms with E-state index in [0.29, 0.717) is 5.76 Å². The van der Waals surface area contributed by atoms with Crippen molar-refractivity contribution in [3.05, 3.63) is 45.5 Å².